The van der Waals surface area contributed by atoms with E-state index in [1.54, 1.807) is 12.3 Å². The highest BCUT2D eigenvalue weighted by Gasteiger charge is 2.24. The van der Waals surface area contributed by atoms with Gasteiger partial charge >= 0.3 is 0 Å². The zero-order chi connectivity index (χ0) is 17.8. The van der Waals surface area contributed by atoms with Crippen LogP contribution < -0.4 is 5.43 Å². The molecule has 1 aromatic heterocycles. The Hall–Kier alpha value is -3.47. The van der Waals surface area contributed by atoms with Gasteiger partial charge in [-0.05, 0) is 30.0 Å². The van der Waals surface area contributed by atoms with Gasteiger partial charge in [0.25, 0.3) is 5.91 Å². The number of aryl methyl sites for hydroxylation is 1. The minimum atomic E-state index is -0.275. The number of aromatic nitrogens is 2. The van der Waals surface area contributed by atoms with Crippen molar-refractivity contribution in [3.8, 4) is 11.3 Å². The molecule has 1 heterocycles. The van der Waals surface area contributed by atoms with Crippen LogP contribution in [-0.2, 0) is 12.8 Å². The molecule has 5 heteroatoms. The average molecular weight is 342 g/mol. The van der Waals surface area contributed by atoms with Crippen molar-refractivity contribution in [2.45, 2.75) is 12.8 Å². The summed E-state index contributed by atoms with van der Waals surface area (Å²) in [7, 11) is 0. The number of allylic oxidation sites excluding steroid dienone is 1. The molecule has 4 rings (SSSR count). The lowest BCUT2D eigenvalue weighted by Crippen LogP contribution is -2.20. The van der Waals surface area contributed by atoms with E-state index in [-0.39, 0.29) is 5.91 Å². The Morgan fingerprint density at radius 3 is 2.77 bits per heavy atom. The number of hydrogen-bond acceptors (Lipinski definition) is 3. The van der Waals surface area contributed by atoms with Gasteiger partial charge in [0.2, 0.25) is 0 Å². The summed E-state index contributed by atoms with van der Waals surface area (Å²) < 4.78 is 0. The number of H-pyrrole nitrogens is 1. The van der Waals surface area contributed by atoms with E-state index in [1.165, 1.54) is 5.56 Å². The highest BCUT2D eigenvalue weighted by molar-refractivity contribution is 5.96. The normalized spacial score (nSPS) is 12.9. The van der Waals surface area contributed by atoms with Crippen LogP contribution in [-0.4, -0.2) is 22.3 Å². The third-order valence-corrected chi connectivity index (χ3v) is 4.43. The summed E-state index contributed by atoms with van der Waals surface area (Å²) in [6.07, 6.45) is 6.97. The van der Waals surface area contributed by atoms with Gasteiger partial charge in [-0.25, -0.2) is 5.43 Å². The minimum absolute atomic E-state index is 0.275. The molecule has 2 aromatic carbocycles. The number of hydrogen-bond donors (Lipinski definition) is 2. The molecular weight excluding hydrogens is 324 g/mol. The number of aromatic amines is 1. The molecular formula is C21H18N4O. The highest BCUT2D eigenvalue weighted by atomic mass is 16.2. The van der Waals surface area contributed by atoms with E-state index in [0.29, 0.717) is 5.69 Å². The van der Waals surface area contributed by atoms with E-state index in [0.717, 1.165) is 35.2 Å². The van der Waals surface area contributed by atoms with E-state index in [1.807, 2.05) is 54.6 Å². The number of amides is 1. The molecule has 0 radical (unpaired) electrons. The Labute approximate surface area is 151 Å². The molecule has 3 aromatic rings. The summed E-state index contributed by atoms with van der Waals surface area (Å²) in [4.78, 5) is 12.4. The second-order valence-corrected chi connectivity index (χ2v) is 6.07. The molecule has 1 aliphatic carbocycles. The maximum absolute atomic E-state index is 12.4. The summed E-state index contributed by atoms with van der Waals surface area (Å²) in [6.45, 7) is 0. The first kappa shape index (κ1) is 16.0. The third-order valence-electron chi connectivity index (χ3n) is 4.43. The van der Waals surface area contributed by atoms with Gasteiger partial charge in [0.15, 0.2) is 0 Å². The number of hydrazone groups is 1. The number of carbonyl (C=O) groups excluding carboxylic acids is 1. The van der Waals surface area contributed by atoms with Crippen LogP contribution in [0.4, 0.5) is 0 Å². The first-order chi connectivity index (χ1) is 12.8. The number of fused-ring (bicyclic) bond motifs is 3. The second-order valence-electron chi connectivity index (χ2n) is 6.07. The summed E-state index contributed by atoms with van der Waals surface area (Å²) in [5, 5.41) is 11.2. The van der Waals surface area contributed by atoms with Crippen LogP contribution in [0.5, 0.6) is 0 Å². The van der Waals surface area contributed by atoms with Gasteiger partial charge in [-0.1, -0.05) is 60.7 Å². The van der Waals surface area contributed by atoms with Crippen molar-refractivity contribution in [1.82, 2.24) is 15.6 Å². The van der Waals surface area contributed by atoms with E-state index < -0.39 is 0 Å². The number of nitrogens with zero attached hydrogens (tertiary/aromatic N) is 2. The second kappa shape index (κ2) is 7.19. The van der Waals surface area contributed by atoms with E-state index in [4.69, 9.17) is 0 Å². The number of benzene rings is 2. The lowest BCUT2D eigenvalue weighted by atomic mass is 9.89. The smallest absolute Gasteiger partial charge is 0.272 e. The molecule has 0 unspecified atom stereocenters. The maximum atomic E-state index is 12.4. The summed E-state index contributed by atoms with van der Waals surface area (Å²) in [5.74, 6) is -0.275. The van der Waals surface area contributed by atoms with Gasteiger partial charge in [0.05, 0.1) is 5.69 Å². The van der Waals surface area contributed by atoms with Crippen LogP contribution in [0.1, 0.15) is 27.2 Å². The standard InChI is InChI=1S/C21H18N4O/c26-21(25-22-14-6-9-15-7-2-1-3-8-15)20-18-13-12-16-10-4-5-11-17(16)19(18)23-24-20/h1-11,14H,12-13H2,(H,23,24)(H,25,26). The molecule has 1 amide bonds. The van der Waals surface area contributed by atoms with Crippen LogP contribution in [0, 0.1) is 0 Å². The van der Waals surface area contributed by atoms with Crippen LogP contribution in [0.25, 0.3) is 17.3 Å². The van der Waals surface area contributed by atoms with Crippen molar-refractivity contribution in [3.63, 3.8) is 0 Å². The van der Waals surface area contributed by atoms with Crippen molar-refractivity contribution < 1.29 is 4.79 Å². The fourth-order valence-corrected chi connectivity index (χ4v) is 3.16. The molecule has 0 fully saturated rings. The molecule has 0 atom stereocenters. The highest BCUT2D eigenvalue weighted by Crippen LogP contribution is 2.33. The van der Waals surface area contributed by atoms with E-state index in [2.05, 4.69) is 26.8 Å². The van der Waals surface area contributed by atoms with E-state index in [9.17, 15) is 4.79 Å². The minimum Gasteiger partial charge on any atom is -0.272 e. The first-order valence-electron chi connectivity index (χ1n) is 8.53. The Balaban J connectivity index is 1.45. The first-order valence-corrected chi connectivity index (χ1v) is 8.53. The van der Waals surface area contributed by atoms with Crippen molar-refractivity contribution in [2.75, 3.05) is 0 Å². The zero-order valence-electron chi connectivity index (χ0n) is 14.1. The lowest BCUT2D eigenvalue weighted by Gasteiger charge is -2.15. The third kappa shape index (κ3) is 3.19. The zero-order valence-corrected chi connectivity index (χ0v) is 14.1. The van der Waals surface area contributed by atoms with Crippen molar-refractivity contribution in [2.24, 2.45) is 5.10 Å². The molecule has 0 spiro atoms. The predicted molar refractivity (Wildman–Crippen MR) is 103 cm³/mol. The lowest BCUT2D eigenvalue weighted by molar-refractivity contribution is 0.0949. The molecule has 26 heavy (non-hydrogen) atoms. The number of carbonyl (C=O) groups is 1. The van der Waals surface area contributed by atoms with Crippen molar-refractivity contribution >= 4 is 18.2 Å². The molecule has 0 saturated carbocycles. The van der Waals surface area contributed by atoms with Crippen LogP contribution in [0.3, 0.4) is 0 Å². The maximum Gasteiger partial charge on any atom is 0.289 e. The summed E-state index contributed by atoms with van der Waals surface area (Å²) >= 11 is 0. The fourth-order valence-electron chi connectivity index (χ4n) is 3.16. The Morgan fingerprint density at radius 2 is 1.88 bits per heavy atom. The van der Waals surface area contributed by atoms with Gasteiger partial charge in [-0.15, -0.1) is 0 Å². The quantitative estimate of drug-likeness (QED) is 0.562. The molecule has 5 nitrogen and oxygen atoms in total. The molecule has 1 aliphatic rings. The van der Waals surface area contributed by atoms with Gasteiger partial charge < -0.3 is 0 Å². The topological polar surface area (TPSA) is 70.1 Å². The number of rotatable bonds is 4. The van der Waals surface area contributed by atoms with Gasteiger partial charge in [-0.2, -0.15) is 10.2 Å². The Morgan fingerprint density at radius 1 is 1.08 bits per heavy atom. The van der Waals surface area contributed by atoms with E-state index >= 15 is 0 Å². The largest absolute Gasteiger partial charge is 0.289 e. The predicted octanol–water partition coefficient (Wildman–Crippen LogP) is 3.60. The number of nitrogens with one attached hydrogen (secondary N) is 2. The summed E-state index contributed by atoms with van der Waals surface area (Å²) in [5.41, 5.74) is 8.30. The van der Waals surface area contributed by atoms with Gasteiger partial charge in [0, 0.05) is 17.3 Å². The summed E-state index contributed by atoms with van der Waals surface area (Å²) in [6, 6.07) is 18.1. The van der Waals surface area contributed by atoms with Crippen LogP contribution in [0.2, 0.25) is 0 Å². The fraction of sp³-hybridized carbons (Fsp3) is 0.0952. The Bertz CT molecular complexity index is 986. The average Bonchev–Trinajstić information content (AvgIpc) is 3.13. The Kier molecular flexibility index (Phi) is 4.43. The molecule has 2 N–H and O–H groups in total. The SMILES string of the molecule is O=C(NN=CC=Cc1ccccc1)c1[nH]nc2c1CCc1ccccc1-2. The van der Waals surface area contributed by atoms with Crippen molar-refractivity contribution in [3.05, 3.63) is 83.1 Å². The monoisotopic (exact) mass is 342 g/mol. The van der Waals surface area contributed by atoms with Gasteiger partial charge in [0.1, 0.15) is 5.69 Å². The van der Waals surface area contributed by atoms with Crippen LogP contribution in [0.15, 0.2) is 65.8 Å². The van der Waals surface area contributed by atoms with Crippen LogP contribution >= 0.6 is 0 Å². The molecule has 128 valence electrons. The molecule has 0 saturated heterocycles. The molecule has 0 aliphatic heterocycles. The van der Waals surface area contributed by atoms with Crippen molar-refractivity contribution in [1.29, 1.82) is 0 Å². The van der Waals surface area contributed by atoms with Gasteiger partial charge in [-0.3, -0.25) is 9.89 Å². The molecule has 0 bridgehead atoms.